The van der Waals surface area contributed by atoms with Crippen LogP contribution in [0.5, 0.6) is 0 Å². The van der Waals surface area contributed by atoms with Gasteiger partial charge in [-0.25, -0.2) is 0 Å². The Kier molecular flexibility index (Phi) is 3.52. The molecule has 1 amide bonds. The van der Waals surface area contributed by atoms with E-state index in [-0.39, 0.29) is 5.91 Å². The first-order valence-electron chi connectivity index (χ1n) is 6.06. The molecular weight excluding hydrogens is 270 g/mol. The number of hydrogen-bond donors (Lipinski definition) is 1. The number of fused-ring (bicyclic) bond motifs is 1. The molecule has 0 atom stereocenters. The summed E-state index contributed by atoms with van der Waals surface area (Å²) in [5.41, 5.74) is 2.58. The van der Waals surface area contributed by atoms with E-state index in [2.05, 4.69) is 15.5 Å². The van der Waals surface area contributed by atoms with E-state index in [0.29, 0.717) is 5.13 Å². The summed E-state index contributed by atoms with van der Waals surface area (Å²) >= 11 is 1.29. The fourth-order valence-corrected chi connectivity index (χ4v) is 2.38. The third-order valence-electron chi connectivity index (χ3n) is 2.83. The SMILES string of the molecule is O=C(/C=C/c1cccc2ccccc12)Nc1nncs1. The molecular formula is C15H11N3OS. The average molecular weight is 281 g/mol. The van der Waals surface area contributed by atoms with Crippen molar-refractivity contribution in [3.05, 3.63) is 59.6 Å². The molecule has 3 aromatic rings. The number of rotatable bonds is 3. The van der Waals surface area contributed by atoms with Gasteiger partial charge in [0.05, 0.1) is 0 Å². The first kappa shape index (κ1) is 12.5. The summed E-state index contributed by atoms with van der Waals surface area (Å²) in [6.45, 7) is 0. The Bertz CT molecular complexity index is 760. The maximum atomic E-state index is 11.8. The molecule has 0 aliphatic rings. The molecule has 5 heteroatoms. The van der Waals surface area contributed by atoms with Gasteiger partial charge in [0, 0.05) is 6.08 Å². The Hall–Kier alpha value is -2.53. The van der Waals surface area contributed by atoms with Crippen molar-refractivity contribution in [3.63, 3.8) is 0 Å². The molecule has 20 heavy (non-hydrogen) atoms. The van der Waals surface area contributed by atoms with Gasteiger partial charge in [0.1, 0.15) is 5.51 Å². The molecule has 0 radical (unpaired) electrons. The van der Waals surface area contributed by atoms with Crippen LogP contribution in [-0.4, -0.2) is 16.1 Å². The van der Waals surface area contributed by atoms with Gasteiger partial charge >= 0.3 is 0 Å². The summed E-state index contributed by atoms with van der Waals surface area (Å²) in [6.07, 6.45) is 3.31. The number of anilines is 1. The van der Waals surface area contributed by atoms with Gasteiger partial charge in [-0.15, -0.1) is 10.2 Å². The van der Waals surface area contributed by atoms with E-state index in [1.807, 2.05) is 42.5 Å². The molecule has 2 aromatic carbocycles. The number of carbonyl (C=O) groups excluding carboxylic acids is 1. The number of benzene rings is 2. The molecule has 0 unspecified atom stereocenters. The lowest BCUT2D eigenvalue weighted by Gasteiger charge is -2.01. The lowest BCUT2D eigenvalue weighted by molar-refractivity contribution is -0.111. The van der Waals surface area contributed by atoms with Crippen molar-refractivity contribution in [1.29, 1.82) is 0 Å². The summed E-state index contributed by atoms with van der Waals surface area (Å²) in [5, 5.41) is 12.9. The minimum Gasteiger partial charge on any atom is -0.297 e. The van der Waals surface area contributed by atoms with Crippen LogP contribution < -0.4 is 5.32 Å². The molecule has 3 rings (SSSR count). The Morgan fingerprint density at radius 3 is 2.85 bits per heavy atom. The molecule has 0 saturated carbocycles. The van der Waals surface area contributed by atoms with Gasteiger partial charge in [-0.1, -0.05) is 53.8 Å². The summed E-state index contributed by atoms with van der Waals surface area (Å²) < 4.78 is 0. The molecule has 98 valence electrons. The van der Waals surface area contributed by atoms with E-state index in [4.69, 9.17) is 0 Å². The second kappa shape index (κ2) is 5.63. The number of nitrogens with one attached hydrogen (secondary N) is 1. The fourth-order valence-electron chi connectivity index (χ4n) is 1.94. The van der Waals surface area contributed by atoms with Crippen molar-refractivity contribution in [2.75, 3.05) is 5.32 Å². The second-order valence-corrected chi connectivity index (χ2v) is 4.97. The van der Waals surface area contributed by atoms with Gasteiger partial charge in [0.2, 0.25) is 11.0 Å². The largest absolute Gasteiger partial charge is 0.297 e. The monoisotopic (exact) mass is 281 g/mol. The summed E-state index contributed by atoms with van der Waals surface area (Å²) in [7, 11) is 0. The highest BCUT2D eigenvalue weighted by atomic mass is 32.1. The lowest BCUT2D eigenvalue weighted by atomic mass is 10.0. The second-order valence-electron chi connectivity index (χ2n) is 4.13. The maximum absolute atomic E-state index is 11.8. The summed E-state index contributed by atoms with van der Waals surface area (Å²) in [4.78, 5) is 11.8. The highest BCUT2D eigenvalue weighted by Crippen LogP contribution is 2.19. The van der Waals surface area contributed by atoms with Crippen LogP contribution in [0.25, 0.3) is 16.8 Å². The third kappa shape index (κ3) is 2.73. The molecule has 0 aliphatic carbocycles. The standard InChI is InChI=1S/C15H11N3OS/c19-14(17-15-18-16-10-20-15)9-8-12-6-3-5-11-4-1-2-7-13(11)12/h1-10H,(H,17,18,19)/b9-8+. The van der Waals surface area contributed by atoms with Crippen molar-refractivity contribution in [2.45, 2.75) is 0 Å². The van der Waals surface area contributed by atoms with Crippen molar-refractivity contribution in [2.24, 2.45) is 0 Å². The smallest absolute Gasteiger partial charge is 0.250 e. The number of amides is 1. The zero-order valence-electron chi connectivity index (χ0n) is 10.5. The molecule has 0 aliphatic heterocycles. The Balaban J connectivity index is 1.82. The van der Waals surface area contributed by atoms with E-state index in [0.717, 1.165) is 16.3 Å². The zero-order chi connectivity index (χ0) is 13.8. The molecule has 4 nitrogen and oxygen atoms in total. The van der Waals surface area contributed by atoms with Crippen LogP contribution >= 0.6 is 11.3 Å². The minimum atomic E-state index is -0.213. The molecule has 0 spiro atoms. The van der Waals surface area contributed by atoms with Crippen LogP contribution in [-0.2, 0) is 4.79 Å². The first-order valence-corrected chi connectivity index (χ1v) is 6.94. The van der Waals surface area contributed by atoms with Crippen LogP contribution in [0, 0.1) is 0 Å². The van der Waals surface area contributed by atoms with Crippen LogP contribution in [0.3, 0.4) is 0 Å². The molecule has 0 bridgehead atoms. The van der Waals surface area contributed by atoms with Gasteiger partial charge < -0.3 is 0 Å². The Labute approximate surface area is 119 Å². The number of aromatic nitrogens is 2. The molecule has 0 fully saturated rings. The normalized spacial score (nSPS) is 11.0. The van der Waals surface area contributed by atoms with E-state index in [9.17, 15) is 4.79 Å². The highest BCUT2D eigenvalue weighted by molar-refractivity contribution is 7.13. The minimum absolute atomic E-state index is 0.213. The van der Waals surface area contributed by atoms with Gasteiger partial charge in [0.15, 0.2) is 0 Å². The topological polar surface area (TPSA) is 54.9 Å². The fraction of sp³-hybridized carbons (Fsp3) is 0. The predicted molar refractivity (Wildman–Crippen MR) is 81.5 cm³/mol. The Morgan fingerprint density at radius 1 is 1.15 bits per heavy atom. The van der Waals surface area contributed by atoms with Gasteiger partial charge in [-0.2, -0.15) is 0 Å². The van der Waals surface area contributed by atoms with Gasteiger partial charge in [-0.05, 0) is 22.4 Å². The maximum Gasteiger partial charge on any atom is 0.250 e. The quantitative estimate of drug-likeness (QED) is 0.749. The molecule has 1 N–H and O–H groups in total. The molecule has 1 heterocycles. The van der Waals surface area contributed by atoms with E-state index in [1.54, 1.807) is 11.6 Å². The van der Waals surface area contributed by atoms with Crippen molar-refractivity contribution in [3.8, 4) is 0 Å². The highest BCUT2D eigenvalue weighted by Gasteiger charge is 2.01. The van der Waals surface area contributed by atoms with Gasteiger partial charge in [0.25, 0.3) is 0 Å². The van der Waals surface area contributed by atoms with Crippen molar-refractivity contribution in [1.82, 2.24) is 10.2 Å². The number of hydrogen-bond acceptors (Lipinski definition) is 4. The van der Waals surface area contributed by atoms with Crippen LogP contribution in [0.4, 0.5) is 5.13 Å². The summed E-state index contributed by atoms with van der Waals surface area (Å²) in [5.74, 6) is -0.213. The van der Waals surface area contributed by atoms with Crippen molar-refractivity contribution < 1.29 is 4.79 Å². The average Bonchev–Trinajstić information content (AvgIpc) is 2.98. The van der Waals surface area contributed by atoms with Gasteiger partial charge in [-0.3, -0.25) is 10.1 Å². The Morgan fingerprint density at radius 2 is 2.00 bits per heavy atom. The number of carbonyl (C=O) groups is 1. The van der Waals surface area contributed by atoms with E-state index in [1.165, 1.54) is 17.4 Å². The van der Waals surface area contributed by atoms with E-state index < -0.39 is 0 Å². The zero-order valence-corrected chi connectivity index (χ0v) is 11.3. The van der Waals surface area contributed by atoms with Crippen LogP contribution in [0.2, 0.25) is 0 Å². The third-order valence-corrected chi connectivity index (χ3v) is 3.43. The molecule has 0 saturated heterocycles. The predicted octanol–water partition coefficient (Wildman–Crippen LogP) is 3.34. The van der Waals surface area contributed by atoms with Crippen molar-refractivity contribution >= 4 is 39.2 Å². The number of nitrogens with zero attached hydrogens (tertiary/aromatic N) is 2. The summed E-state index contributed by atoms with van der Waals surface area (Å²) in [6, 6.07) is 14.1. The van der Waals surface area contributed by atoms with Crippen LogP contribution in [0.15, 0.2) is 54.1 Å². The lowest BCUT2D eigenvalue weighted by Crippen LogP contribution is -2.07. The first-order chi connectivity index (χ1) is 9.83. The van der Waals surface area contributed by atoms with E-state index >= 15 is 0 Å². The van der Waals surface area contributed by atoms with Crippen LogP contribution in [0.1, 0.15) is 5.56 Å². The molecule has 1 aromatic heterocycles.